The lowest BCUT2D eigenvalue weighted by atomic mass is 9.70. The van der Waals surface area contributed by atoms with Crippen molar-refractivity contribution in [3.8, 4) is 0 Å². The van der Waals surface area contributed by atoms with Crippen LogP contribution in [-0.4, -0.2) is 29.9 Å². The van der Waals surface area contributed by atoms with Crippen molar-refractivity contribution in [1.29, 1.82) is 0 Å². The molecule has 1 saturated heterocycles. The van der Waals surface area contributed by atoms with E-state index in [1.165, 1.54) is 11.3 Å². The maximum atomic E-state index is 13.7. The molecule has 5 rings (SSSR count). The van der Waals surface area contributed by atoms with E-state index >= 15 is 0 Å². The van der Waals surface area contributed by atoms with E-state index in [1.807, 2.05) is 12.1 Å². The number of aromatic amines is 1. The summed E-state index contributed by atoms with van der Waals surface area (Å²) in [7, 11) is 0. The molecule has 0 saturated carbocycles. The highest BCUT2D eigenvalue weighted by atomic mass is 16.1. The summed E-state index contributed by atoms with van der Waals surface area (Å²) < 4.78 is 0. The Hall–Kier alpha value is -3.10. The van der Waals surface area contributed by atoms with Gasteiger partial charge in [-0.05, 0) is 48.6 Å². The highest BCUT2D eigenvalue weighted by Gasteiger charge is 2.40. The fraction of sp³-hybridized carbons (Fsp3) is 0.385. The van der Waals surface area contributed by atoms with Crippen molar-refractivity contribution in [2.75, 3.05) is 18.0 Å². The van der Waals surface area contributed by atoms with E-state index in [0.29, 0.717) is 5.69 Å². The van der Waals surface area contributed by atoms with E-state index in [9.17, 15) is 4.79 Å². The molecule has 0 radical (unpaired) electrons. The summed E-state index contributed by atoms with van der Waals surface area (Å²) in [5.74, 6) is 0.0769. The maximum absolute atomic E-state index is 13.7. The van der Waals surface area contributed by atoms with Crippen molar-refractivity contribution in [3.63, 3.8) is 0 Å². The van der Waals surface area contributed by atoms with Crippen LogP contribution in [0.4, 0.5) is 11.4 Å². The molecule has 31 heavy (non-hydrogen) atoms. The molecule has 3 N–H and O–H groups in total. The van der Waals surface area contributed by atoms with Crippen LogP contribution in [-0.2, 0) is 11.8 Å². The van der Waals surface area contributed by atoms with Crippen molar-refractivity contribution in [2.24, 2.45) is 5.73 Å². The third-order valence-corrected chi connectivity index (χ3v) is 7.16. The number of H-pyrrole nitrogens is 1. The largest absolute Gasteiger partial charge is 0.371 e. The number of nitrogens with zero attached hydrogens (tertiary/aromatic N) is 2. The van der Waals surface area contributed by atoms with Gasteiger partial charge in [0.15, 0.2) is 11.5 Å². The molecule has 2 aromatic carbocycles. The normalized spacial score (nSPS) is 18.0. The molecule has 0 amide bonds. The molecule has 1 aliphatic heterocycles. The van der Waals surface area contributed by atoms with Crippen LogP contribution in [0, 0.1) is 6.57 Å². The molecule has 1 aliphatic carbocycles. The number of fused-ring (bicyclic) bond motifs is 4. The lowest BCUT2D eigenvalue weighted by molar-refractivity contribution is 0.103. The van der Waals surface area contributed by atoms with Crippen LogP contribution in [0.5, 0.6) is 0 Å². The Morgan fingerprint density at radius 3 is 2.65 bits per heavy atom. The second-order valence-corrected chi connectivity index (χ2v) is 9.38. The summed E-state index contributed by atoms with van der Waals surface area (Å²) in [5, 5.41) is 0.901. The average molecular weight is 413 g/mol. The summed E-state index contributed by atoms with van der Waals surface area (Å²) in [5.41, 5.74) is 13.3. The second-order valence-electron chi connectivity index (χ2n) is 9.38. The molecule has 1 aromatic heterocycles. The average Bonchev–Trinajstić information content (AvgIpc) is 3.17. The first-order valence-electron chi connectivity index (χ1n) is 11.1. The van der Waals surface area contributed by atoms with E-state index < -0.39 is 0 Å². The molecule has 5 heteroatoms. The van der Waals surface area contributed by atoms with Crippen LogP contribution in [0.25, 0.3) is 15.7 Å². The summed E-state index contributed by atoms with van der Waals surface area (Å²) in [6, 6.07) is 10.2. The monoisotopic (exact) mass is 412 g/mol. The number of hydrogen-bond acceptors (Lipinski definition) is 3. The highest BCUT2D eigenvalue weighted by molar-refractivity contribution is 6.20. The number of ketones is 1. The van der Waals surface area contributed by atoms with Gasteiger partial charge in [-0.15, -0.1) is 0 Å². The Bertz CT molecular complexity index is 1250. The molecule has 3 aromatic rings. The quantitative estimate of drug-likeness (QED) is 0.577. The zero-order chi connectivity index (χ0) is 21.9. The van der Waals surface area contributed by atoms with Gasteiger partial charge in [0.25, 0.3) is 0 Å². The number of aryl methyl sites for hydroxylation is 1. The number of hydrogen-bond donors (Lipinski definition) is 2. The Morgan fingerprint density at radius 1 is 1.23 bits per heavy atom. The first-order chi connectivity index (χ1) is 14.8. The molecular weight excluding hydrogens is 384 g/mol. The van der Waals surface area contributed by atoms with Crippen molar-refractivity contribution < 1.29 is 4.79 Å². The van der Waals surface area contributed by atoms with Gasteiger partial charge in [0, 0.05) is 52.4 Å². The van der Waals surface area contributed by atoms with E-state index in [0.717, 1.165) is 65.6 Å². The number of carbonyl (C=O) groups excluding carboxylic acids is 1. The minimum Gasteiger partial charge on any atom is -0.371 e. The molecule has 0 atom stereocenters. The van der Waals surface area contributed by atoms with Gasteiger partial charge in [-0.3, -0.25) is 4.79 Å². The number of nitrogens with one attached hydrogen (secondary N) is 1. The summed E-state index contributed by atoms with van der Waals surface area (Å²) >= 11 is 0. The number of rotatable bonds is 2. The van der Waals surface area contributed by atoms with Gasteiger partial charge in [-0.1, -0.05) is 32.9 Å². The highest BCUT2D eigenvalue weighted by Crippen LogP contribution is 2.46. The van der Waals surface area contributed by atoms with Crippen LogP contribution >= 0.6 is 0 Å². The number of piperidine rings is 1. The first-order valence-corrected chi connectivity index (χ1v) is 11.1. The Balaban J connectivity index is 1.70. The Morgan fingerprint density at radius 2 is 1.97 bits per heavy atom. The summed E-state index contributed by atoms with van der Waals surface area (Å²) in [6.45, 7) is 15.8. The second kappa shape index (κ2) is 6.96. The van der Waals surface area contributed by atoms with Crippen molar-refractivity contribution >= 4 is 28.1 Å². The molecule has 5 nitrogen and oxygen atoms in total. The molecular formula is C26H28N4O. The van der Waals surface area contributed by atoms with Gasteiger partial charge >= 0.3 is 0 Å². The molecule has 1 fully saturated rings. The molecule has 2 heterocycles. The minimum atomic E-state index is -0.344. The van der Waals surface area contributed by atoms with Crippen LogP contribution in [0.3, 0.4) is 0 Å². The van der Waals surface area contributed by atoms with Gasteiger partial charge in [0.2, 0.25) is 0 Å². The van der Waals surface area contributed by atoms with Crippen molar-refractivity contribution in [1.82, 2.24) is 4.98 Å². The number of benzene rings is 2. The van der Waals surface area contributed by atoms with Crippen LogP contribution < -0.4 is 10.6 Å². The van der Waals surface area contributed by atoms with Crippen molar-refractivity contribution in [3.05, 3.63) is 69.7 Å². The van der Waals surface area contributed by atoms with E-state index in [-0.39, 0.29) is 17.2 Å². The van der Waals surface area contributed by atoms with Crippen LogP contribution in [0.1, 0.15) is 66.4 Å². The van der Waals surface area contributed by atoms with Gasteiger partial charge in [0.1, 0.15) is 0 Å². The van der Waals surface area contributed by atoms with E-state index in [4.69, 9.17) is 12.3 Å². The smallest absolute Gasteiger partial charge is 0.195 e. The molecule has 0 spiro atoms. The van der Waals surface area contributed by atoms with Crippen molar-refractivity contribution in [2.45, 2.75) is 51.5 Å². The van der Waals surface area contributed by atoms with Gasteiger partial charge < -0.3 is 15.6 Å². The Labute approximate surface area is 183 Å². The predicted molar refractivity (Wildman–Crippen MR) is 125 cm³/mol. The van der Waals surface area contributed by atoms with Crippen LogP contribution in [0.15, 0.2) is 30.3 Å². The SMILES string of the molecule is [C-]#[N+]c1ccc2c3c([nH]c2c1)C(C)(C)c1cc(N2CCC(N)CC2)c(CC)cc1C3=O. The zero-order valence-electron chi connectivity index (χ0n) is 18.4. The van der Waals surface area contributed by atoms with E-state index in [2.05, 4.69) is 47.6 Å². The lowest BCUT2D eigenvalue weighted by Crippen LogP contribution is -2.40. The number of anilines is 1. The minimum absolute atomic E-state index is 0.0769. The summed E-state index contributed by atoms with van der Waals surface area (Å²) in [4.78, 5) is 23.2. The maximum Gasteiger partial charge on any atom is 0.195 e. The van der Waals surface area contributed by atoms with E-state index in [1.54, 1.807) is 6.07 Å². The first kappa shape index (κ1) is 19.8. The fourth-order valence-corrected chi connectivity index (χ4v) is 5.28. The van der Waals surface area contributed by atoms with Crippen LogP contribution in [0.2, 0.25) is 0 Å². The third kappa shape index (κ3) is 2.90. The van der Waals surface area contributed by atoms with Gasteiger partial charge in [-0.2, -0.15) is 0 Å². The Kier molecular flexibility index (Phi) is 4.46. The lowest BCUT2D eigenvalue weighted by Gasteiger charge is -2.37. The number of nitrogens with two attached hydrogens (primary N) is 1. The molecule has 2 aliphatic rings. The standard InChI is InChI=1S/C26H28N4O/c1-5-15-12-19-20(14-22(15)30-10-8-16(27)9-11-30)26(2,3)25-23(24(19)31)18-7-6-17(28-4)13-21(18)29-25/h6-7,12-14,16,29H,5,8-11,27H2,1-3H3. The van der Waals surface area contributed by atoms with Gasteiger partial charge in [0.05, 0.1) is 12.1 Å². The number of aromatic nitrogens is 1. The third-order valence-electron chi connectivity index (χ3n) is 7.16. The predicted octanol–water partition coefficient (Wildman–Crippen LogP) is 5.08. The number of carbonyl (C=O) groups is 1. The molecule has 0 unspecified atom stereocenters. The molecule has 158 valence electrons. The molecule has 0 bridgehead atoms. The zero-order valence-corrected chi connectivity index (χ0v) is 18.4. The van der Waals surface area contributed by atoms with Gasteiger partial charge in [-0.25, -0.2) is 4.85 Å². The summed E-state index contributed by atoms with van der Waals surface area (Å²) in [6.07, 6.45) is 2.88. The topological polar surface area (TPSA) is 66.5 Å². The fourth-order valence-electron chi connectivity index (χ4n) is 5.28.